The van der Waals surface area contributed by atoms with Crippen LogP contribution in [-0.2, 0) is 9.84 Å². The summed E-state index contributed by atoms with van der Waals surface area (Å²) in [6.45, 7) is 0. The van der Waals surface area contributed by atoms with Crippen molar-refractivity contribution in [3.05, 3.63) is 64.2 Å². The number of nitrogens with zero attached hydrogens (tertiary/aromatic N) is 1. The SMILES string of the molecule is CS(=O)(=O)c1ccc(SC[C@@H](O)c2ccccc2)c([N+](=O)[O-])c1. The number of nitro benzene ring substituents is 1. The van der Waals surface area contributed by atoms with Crippen molar-refractivity contribution in [2.75, 3.05) is 12.0 Å². The van der Waals surface area contributed by atoms with Gasteiger partial charge in [0.15, 0.2) is 9.84 Å². The molecule has 2 aromatic carbocycles. The average molecular weight is 353 g/mol. The molecule has 2 aromatic rings. The molecule has 1 N–H and O–H groups in total. The first-order valence-electron chi connectivity index (χ1n) is 6.63. The lowest BCUT2D eigenvalue weighted by molar-refractivity contribution is -0.388. The van der Waals surface area contributed by atoms with E-state index in [0.717, 1.165) is 29.6 Å². The van der Waals surface area contributed by atoms with E-state index in [2.05, 4.69) is 0 Å². The molecule has 0 aliphatic carbocycles. The monoisotopic (exact) mass is 353 g/mol. The molecule has 0 spiro atoms. The lowest BCUT2D eigenvalue weighted by Crippen LogP contribution is -2.02. The second-order valence-corrected chi connectivity index (χ2v) is 7.97. The lowest BCUT2D eigenvalue weighted by Gasteiger charge is -2.11. The summed E-state index contributed by atoms with van der Waals surface area (Å²) in [5, 5.41) is 21.3. The van der Waals surface area contributed by atoms with Crippen LogP contribution >= 0.6 is 11.8 Å². The van der Waals surface area contributed by atoms with Gasteiger partial charge >= 0.3 is 0 Å². The second-order valence-electron chi connectivity index (χ2n) is 4.90. The van der Waals surface area contributed by atoms with Gasteiger partial charge in [0.05, 0.1) is 20.8 Å². The molecule has 1 atom stereocenters. The first kappa shape index (κ1) is 17.5. The van der Waals surface area contributed by atoms with E-state index < -0.39 is 20.9 Å². The molecule has 0 aliphatic rings. The third kappa shape index (κ3) is 4.54. The smallest absolute Gasteiger partial charge is 0.284 e. The van der Waals surface area contributed by atoms with Crippen molar-refractivity contribution >= 4 is 27.3 Å². The van der Waals surface area contributed by atoms with E-state index in [1.165, 1.54) is 12.1 Å². The van der Waals surface area contributed by atoms with Crippen LogP contribution in [0.4, 0.5) is 5.69 Å². The molecule has 0 aliphatic heterocycles. The Morgan fingerprint density at radius 2 is 1.87 bits per heavy atom. The molecule has 2 rings (SSSR count). The number of hydrogen-bond acceptors (Lipinski definition) is 6. The quantitative estimate of drug-likeness (QED) is 0.487. The van der Waals surface area contributed by atoms with E-state index in [9.17, 15) is 23.6 Å². The molecule has 0 heterocycles. The Balaban J connectivity index is 2.21. The molecule has 0 unspecified atom stereocenters. The highest BCUT2D eigenvalue weighted by Crippen LogP contribution is 2.33. The molecular formula is C15H15NO5S2. The molecule has 0 amide bonds. The van der Waals surface area contributed by atoms with Crippen molar-refractivity contribution in [1.29, 1.82) is 0 Å². The minimum atomic E-state index is -3.51. The molecule has 0 radical (unpaired) electrons. The highest BCUT2D eigenvalue weighted by Gasteiger charge is 2.20. The standard InChI is InChI=1S/C15H15NO5S2/c1-23(20,21)12-7-8-15(13(9-12)16(18)19)22-10-14(17)11-5-3-2-4-6-11/h2-9,14,17H,10H2,1H3/t14-/m1/s1. The van der Waals surface area contributed by atoms with Gasteiger partial charge in [-0.15, -0.1) is 11.8 Å². The van der Waals surface area contributed by atoms with Crippen molar-refractivity contribution in [2.24, 2.45) is 0 Å². The van der Waals surface area contributed by atoms with Gasteiger partial charge in [-0.3, -0.25) is 10.1 Å². The highest BCUT2D eigenvalue weighted by molar-refractivity contribution is 7.99. The molecule has 0 fully saturated rings. The summed E-state index contributed by atoms with van der Waals surface area (Å²) < 4.78 is 23.0. The zero-order valence-electron chi connectivity index (χ0n) is 12.2. The molecule has 8 heteroatoms. The summed E-state index contributed by atoms with van der Waals surface area (Å²) >= 11 is 1.11. The van der Waals surface area contributed by atoms with Crippen LogP contribution in [0.3, 0.4) is 0 Å². The first-order chi connectivity index (χ1) is 10.8. The maximum Gasteiger partial charge on any atom is 0.284 e. The number of rotatable bonds is 6. The molecule has 23 heavy (non-hydrogen) atoms. The van der Waals surface area contributed by atoms with Crippen molar-refractivity contribution in [2.45, 2.75) is 15.9 Å². The fourth-order valence-electron chi connectivity index (χ4n) is 1.93. The van der Waals surface area contributed by atoms with Crippen LogP contribution in [0.5, 0.6) is 0 Å². The third-order valence-corrected chi connectivity index (χ3v) is 5.39. The Morgan fingerprint density at radius 1 is 1.22 bits per heavy atom. The van der Waals surface area contributed by atoms with Crippen LogP contribution in [-0.4, -0.2) is 30.5 Å². The maximum absolute atomic E-state index is 11.5. The molecule has 0 saturated carbocycles. The minimum Gasteiger partial charge on any atom is -0.388 e. The van der Waals surface area contributed by atoms with Crippen molar-refractivity contribution in [1.82, 2.24) is 0 Å². The topological polar surface area (TPSA) is 97.5 Å². The average Bonchev–Trinajstić information content (AvgIpc) is 2.52. The predicted octanol–water partition coefficient (Wildman–Crippen LogP) is 2.82. The number of thioether (sulfide) groups is 1. The summed E-state index contributed by atoms with van der Waals surface area (Å²) in [4.78, 5) is 10.7. The molecule has 6 nitrogen and oxygen atoms in total. The zero-order chi connectivity index (χ0) is 17.0. The van der Waals surface area contributed by atoms with E-state index in [-0.39, 0.29) is 16.3 Å². The molecule has 0 bridgehead atoms. The van der Waals surface area contributed by atoms with E-state index in [4.69, 9.17) is 0 Å². The number of aliphatic hydroxyl groups is 1. The van der Waals surface area contributed by atoms with E-state index in [1.54, 1.807) is 24.3 Å². The summed E-state index contributed by atoms with van der Waals surface area (Å²) in [7, 11) is -3.51. The summed E-state index contributed by atoms with van der Waals surface area (Å²) in [6.07, 6.45) is 0.230. The van der Waals surface area contributed by atoms with E-state index >= 15 is 0 Å². The third-order valence-electron chi connectivity index (χ3n) is 3.14. The van der Waals surface area contributed by atoms with Gasteiger partial charge < -0.3 is 5.11 Å². The van der Waals surface area contributed by atoms with Crippen LogP contribution in [0.15, 0.2) is 58.3 Å². The molecule has 0 saturated heterocycles. The van der Waals surface area contributed by atoms with Crippen LogP contribution in [0, 0.1) is 10.1 Å². The van der Waals surface area contributed by atoms with Crippen LogP contribution in [0.25, 0.3) is 0 Å². The minimum absolute atomic E-state index is 0.0999. The predicted molar refractivity (Wildman–Crippen MR) is 88.3 cm³/mol. The van der Waals surface area contributed by atoms with Gasteiger partial charge in [0.25, 0.3) is 5.69 Å². The van der Waals surface area contributed by atoms with Crippen molar-refractivity contribution in [3.8, 4) is 0 Å². The summed E-state index contributed by atoms with van der Waals surface area (Å²) in [5.74, 6) is 0.225. The van der Waals surface area contributed by atoms with Crippen molar-refractivity contribution in [3.63, 3.8) is 0 Å². The van der Waals surface area contributed by atoms with Gasteiger partial charge in [-0.1, -0.05) is 30.3 Å². The Labute approximate surface area is 138 Å². The highest BCUT2D eigenvalue weighted by atomic mass is 32.2. The van der Waals surface area contributed by atoms with Gasteiger partial charge in [-0.05, 0) is 17.7 Å². The number of benzene rings is 2. The Hall–Kier alpha value is -1.90. The fourth-order valence-corrected chi connectivity index (χ4v) is 3.55. The second kappa shape index (κ2) is 7.12. The number of hydrogen-bond donors (Lipinski definition) is 1. The van der Waals surface area contributed by atoms with Gasteiger partial charge in [0.1, 0.15) is 0 Å². The van der Waals surface area contributed by atoms with Crippen LogP contribution in [0.1, 0.15) is 11.7 Å². The number of sulfone groups is 1. The van der Waals surface area contributed by atoms with Gasteiger partial charge in [-0.25, -0.2) is 8.42 Å². The normalized spacial score (nSPS) is 12.8. The summed E-state index contributed by atoms with van der Waals surface area (Å²) in [5.41, 5.74) is 0.439. The van der Waals surface area contributed by atoms with Gasteiger partial charge in [0.2, 0.25) is 0 Å². The van der Waals surface area contributed by atoms with Gasteiger partial charge in [0, 0.05) is 18.1 Å². The Morgan fingerprint density at radius 3 is 2.43 bits per heavy atom. The summed E-state index contributed by atoms with van der Waals surface area (Å²) in [6, 6.07) is 12.7. The Kier molecular flexibility index (Phi) is 5.40. The van der Waals surface area contributed by atoms with Crippen LogP contribution in [0.2, 0.25) is 0 Å². The molecule has 122 valence electrons. The lowest BCUT2D eigenvalue weighted by atomic mass is 10.1. The molecular weight excluding hydrogens is 338 g/mol. The van der Waals surface area contributed by atoms with Gasteiger partial charge in [-0.2, -0.15) is 0 Å². The first-order valence-corrected chi connectivity index (χ1v) is 9.51. The van der Waals surface area contributed by atoms with Crippen LogP contribution < -0.4 is 0 Å². The van der Waals surface area contributed by atoms with Crippen molar-refractivity contribution < 1.29 is 18.4 Å². The number of aliphatic hydroxyl groups excluding tert-OH is 1. The zero-order valence-corrected chi connectivity index (χ0v) is 13.9. The largest absolute Gasteiger partial charge is 0.388 e. The fraction of sp³-hybridized carbons (Fsp3) is 0.200. The maximum atomic E-state index is 11.5. The Bertz CT molecular complexity index is 806. The van der Waals surface area contributed by atoms with E-state index in [1.807, 2.05) is 6.07 Å². The number of nitro groups is 1. The molecule has 0 aromatic heterocycles. The van der Waals surface area contributed by atoms with E-state index in [0.29, 0.717) is 4.90 Å².